The van der Waals surface area contributed by atoms with Crippen molar-refractivity contribution in [2.24, 2.45) is 11.8 Å². The van der Waals surface area contributed by atoms with Crippen molar-refractivity contribution in [3.63, 3.8) is 0 Å². The smallest absolute Gasteiger partial charge is 0.337 e. The van der Waals surface area contributed by atoms with Gasteiger partial charge in [0.05, 0.1) is 30.2 Å². The fraction of sp³-hybridized carbons (Fsp3) is 0.459. The van der Waals surface area contributed by atoms with Crippen LogP contribution in [0.15, 0.2) is 72.2 Å². The van der Waals surface area contributed by atoms with E-state index < -0.39 is 21.1 Å². The molecule has 0 bridgehead atoms. The number of ether oxygens (including phenoxy) is 2. The average Bonchev–Trinajstić information content (AvgIpc) is 3.23. The van der Waals surface area contributed by atoms with Crippen molar-refractivity contribution in [3.8, 4) is 5.75 Å². The average molecular weight is 692 g/mol. The number of allylic oxidation sites excluding steroid dienone is 2. The highest BCUT2D eigenvalue weighted by molar-refractivity contribution is 7.91. The number of hydrogen-bond acceptors (Lipinski definition) is 9. The topological polar surface area (TPSA) is 116 Å². The molecule has 0 amide bonds. The van der Waals surface area contributed by atoms with Gasteiger partial charge in [-0.15, -0.1) is 0 Å². The zero-order chi connectivity index (χ0) is 33.9. The molecule has 1 fully saturated rings. The number of sulfone groups is 1. The third-order valence-electron chi connectivity index (χ3n) is 10.3. The molecule has 3 aromatic rings. The maximum atomic E-state index is 13.0. The van der Waals surface area contributed by atoms with E-state index in [1.165, 1.54) is 30.6 Å². The second-order valence-electron chi connectivity index (χ2n) is 13.3. The summed E-state index contributed by atoms with van der Waals surface area (Å²) < 4.78 is 37.6. The van der Waals surface area contributed by atoms with Crippen molar-refractivity contribution in [2.45, 2.75) is 74.1 Å². The molecule has 2 aromatic carbocycles. The predicted octanol–water partition coefficient (Wildman–Crippen LogP) is 6.57. The van der Waals surface area contributed by atoms with Crippen LogP contribution in [0.2, 0.25) is 5.02 Å². The number of methoxy groups -OCH3 is 1. The number of carbonyl (C=O) groups is 2. The monoisotopic (exact) mass is 691 g/mol. The van der Waals surface area contributed by atoms with Crippen molar-refractivity contribution >= 4 is 38.9 Å². The number of nitrogens with zero attached hydrogens (tertiary/aromatic N) is 3. The zero-order valence-electron chi connectivity index (χ0n) is 27.4. The molecule has 0 saturated heterocycles. The summed E-state index contributed by atoms with van der Waals surface area (Å²) in [4.78, 5) is 35.7. The van der Waals surface area contributed by atoms with Gasteiger partial charge in [0, 0.05) is 42.3 Å². The Labute approximate surface area is 287 Å². The first-order valence-corrected chi connectivity index (χ1v) is 18.7. The normalized spacial score (nSPS) is 22.6. The van der Waals surface area contributed by atoms with Crippen LogP contribution in [0.25, 0.3) is 0 Å². The number of ketones is 1. The summed E-state index contributed by atoms with van der Waals surface area (Å²) >= 11 is 6.40. The first-order valence-electron chi connectivity index (χ1n) is 16.7. The quantitative estimate of drug-likeness (QED) is 0.125. The van der Waals surface area contributed by atoms with E-state index in [0.717, 1.165) is 61.7 Å². The van der Waals surface area contributed by atoms with Crippen LogP contribution < -0.4 is 9.64 Å². The lowest BCUT2D eigenvalue weighted by Gasteiger charge is -2.44. The molecular weight excluding hydrogens is 650 g/mol. The summed E-state index contributed by atoms with van der Waals surface area (Å²) in [6.07, 6.45) is 12.2. The number of fused-ring (bicyclic) bond motifs is 3. The molecular formula is C37H42ClN3O6S. The highest BCUT2D eigenvalue weighted by Crippen LogP contribution is 2.46. The summed E-state index contributed by atoms with van der Waals surface area (Å²) in [5.74, 6) is 0.763. The number of aromatic nitrogens is 2. The lowest BCUT2D eigenvalue weighted by atomic mass is 9.69. The Morgan fingerprint density at radius 1 is 1.17 bits per heavy atom. The number of esters is 1. The van der Waals surface area contributed by atoms with Crippen molar-refractivity contribution in [1.29, 1.82) is 0 Å². The molecule has 254 valence electrons. The summed E-state index contributed by atoms with van der Waals surface area (Å²) in [7, 11) is -2.33. The van der Waals surface area contributed by atoms with E-state index in [-0.39, 0.29) is 35.1 Å². The minimum Gasteiger partial charge on any atom is -0.490 e. The molecule has 6 rings (SSSR count). The first-order chi connectivity index (χ1) is 23.1. The third-order valence-corrected chi connectivity index (χ3v) is 12.7. The fourth-order valence-corrected chi connectivity index (χ4v) is 9.27. The molecule has 9 nitrogen and oxygen atoms in total. The Balaban J connectivity index is 1.18. The molecule has 1 unspecified atom stereocenters. The Morgan fingerprint density at radius 2 is 1.98 bits per heavy atom. The number of carbonyl (C=O) groups excluding carboxylic acids is 2. The van der Waals surface area contributed by atoms with Crippen molar-refractivity contribution in [1.82, 2.24) is 9.97 Å². The Bertz CT molecular complexity index is 1800. The van der Waals surface area contributed by atoms with Gasteiger partial charge in [-0.2, -0.15) is 0 Å². The predicted molar refractivity (Wildman–Crippen MR) is 184 cm³/mol. The molecule has 1 aliphatic heterocycles. The Hall–Kier alpha value is -3.76. The molecule has 2 aliphatic carbocycles. The largest absolute Gasteiger partial charge is 0.490 e. The number of halogens is 1. The van der Waals surface area contributed by atoms with Crippen molar-refractivity contribution < 1.29 is 27.5 Å². The van der Waals surface area contributed by atoms with Gasteiger partial charge in [0.25, 0.3) is 0 Å². The van der Waals surface area contributed by atoms with Gasteiger partial charge in [-0.1, -0.05) is 30.7 Å². The zero-order valence-corrected chi connectivity index (χ0v) is 29.0. The summed E-state index contributed by atoms with van der Waals surface area (Å²) in [6, 6.07) is 13.2. The Kier molecular flexibility index (Phi) is 10.2. The number of hydrogen-bond donors (Lipinski definition) is 0. The van der Waals surface area contributed by atoms with Gasteiger partial charge >= 0.3 is 5.97 Å². The van der Waals surface area contributed by atoms with E-state index >= 15 is 0 Å². The summed E-state index contributed by atoms with van der Waals surface area (Å²) in [6.45, 7) is 3.79. The van der Waals surface area contributed by atoms with E-state index in [2.05, 4.69) is 27.0 Å². The fourth-order valence-electron chi connectivity index (χ4n) is 7.49. The van der Waals surface area contributed by atoms with Gasteiger partial charge < -0.3 is 14.4 Å². The van der Waals surface area contributed by atoms with E-state index in [4.69, 9.17) is 21.1 Å². The second kappa shape index (κ2) is 14.4. The van der Waals surface area contributed by atoms with Crippen LogP contribution in [0, 0.1) is 11.8 Å². The molecule has 11 heteroatoms. The van der Waals surface area contributed by atoms with Crippen LogP contribution in [-0.2, 0) is 31.2 Å². The standard InChI is InChI=1S/C37H42ClN3O6S/c1-3-31(48(44,45)36-39-18-5-19-40-36)14-13-30(42)12-9-25-7-8-28(25)22-41-23-37(17-4-6-26-20-29(38)11-15-32(26)37)24-47-34-16-10-27(21-33(34)41)35(43)46-2/h5,9-12,15-16,18-21,25,28,31H,3-4,6-8,13-14,17,22-24H2,1-2H3/b12-9+/t25-,28-,31+,37?/m0/s1. The van der Waals surface area contributed by atoms with Gasteiger partial charge in [0.2, 0.25) is 15.0 Å². The molecule has 48 heavy (non-hydrogen) atoms. The minimum atomic E-state index is -3.72. The number of benzene rings is 2. The number of aryl methyl sites for hydroxylation is 1. The van der Waals surface area contributed by atoms with Gasteiger partial charge in [-0.3, -0.25) is 4.79 Å². The van der Waals surface area contributed by atoms with E-state index in [1.54, 1.807) is 25.1 Å². The maximum Gasteiger partial charge on any atom is 0.337 e. The van der Waals surface area contributed by atoms with Gasteiger partial charge in [0.15, 0.2) is 5.78 Å². The molecule has 0 radical (unpaired) electrons. The SMILES string of the molecule is CC[C@H](CCC(=O)/C=C/[C@@H]1CC[C@H]1CN1CC2(CCCc3cc(Cl)ccc32)COc2ccc(C(=O)OC)cc21)S(=O)(=O)c1ncccn1. The lowest BCUT2D eigenvalue weighted by Crippen LogP contribution is -2.48. The van der Waals surface area contributed by atoms with Crippen LogP contribution in [0.5, 0.6) is 5.75 Å². The molecule has 2 heterocycles. The van der Waals surface area contributed by atoms with Gasteiger partial charge in [0.1, 0.15) is 5.75 Å². The van der Waals surface area contributed by atoms with Gasteiger partial charge in [-0.05, 0) is 110 Å². The number of anilines is 1. The summed E-state index contributed by atoms with van der Waals surface area (Å²) in [5, 5.41) is -0.181. The van der Waals surface area contributed by atoms with Gasteiger partial charge in [-0.25, -0.2) is 23.2 Å². The van der Waals surface area contributed by atoms with Crippen LogP contribution in [0.4, 0.5) is 5.69 Å². The Morgan fingerprint density at radius 3 is 2.71 bits per heavy atom. The molecule has 4 atom stereocenters. The third kappa shape index (κ3) is 7.01. The maximum absolute atomic E-state index is 13.0. The van der Waals surface area contributed by atoms with E-state index in [1.807, 2.05) is 24.3 Å². The van der Waals surface area contributed by atoms with E-state index in [9.17, 15) is 18.0 Å². The molecule has 1 saturated carbocycles. The molecule has 0 N–H and O–H groups in total. The summed E-state index contributed by atoms with van der Waals surface area (Å²) in [5.41, 5.74) is 3.63. The number of rotatable bonds is 11. The van der Waals surface area contributed by atoms with Crippen LogP contribution in [-0.4, -0.2) is 62.2 Å². The van der Waals surface area contributed by atoms with Crippen LogP contribution in [0.3, 0.4) is 0 Å². The molecule has 3 aliphatic rings. The minimum absolute atomic E-state index is 0.0871. The highest BCUT2D eigenvalue weighted by Gasteiger charge is 2.43. The first kappa shape index (κ1) is 34.1. The second-order valence-corrected chi connectivity index (χ2v) is 15.8. The highest BCUT2D eigenvalue weighted by atomic mass is 35.5. The lowest BCUT2D eigenvalue weighted by molar-refractivity contribution is -0.114. The molecule has 1 aromatic heterocycles. The molecule has 1 spiro atoms. The van der Waals surface area contributed by atoms with E-state index in [0.29, 0.717) is 24.5 Å². The van der Waals surface area contributed by atoms with Crippen molar-refractivity contribution in [2.75, 3.05) is 31.7 Å². The van der Waals surface area contributed by atoms with Crippen LogP contribution in [0.1, 0.15) is 73.4 Å². The van der Waals surface area contributed by atoms with Crippen LogP contribution >= 0.6 is 11.6 Å². The van der Waals surface area contributed by atoms with Crippen molar-refractivity contribution in [3.05, 3.63) is 88.7 Å².